The molecule has 2 N–H and O–H groups in total. The Morgan fingerprint density at radius 3 is 2.92 bits per heavy atom. The van der Waals surface area contributed by atoms with Crippen LogP contribution in [0.2, 0.25) is 5.15 Å². The minimum absolute atomic E-state index is 0.0204. The van der Waals surface area contributed by atoms with Gasteiger partial charge in [0.1, 0.15) is 34.2 Å². The molecule has 0 radical (unpaired) electrons. The molecule has 0 aliphatic carbocycles. The average molecular weight is 368 g/mol. The molecule has 3 heterocycles. The van der Waals surface area contributed by atoms with Crippen molar-refractivity contribution in [3.63, 3.8) is 0 Å². The van der Waals surface area contributed by atoms with Crippen molar-refractivity contribution in [1.82, 2.24) is 15.0 Å². The molecule has 1 unspecified atom stereocenters. The summed E-state index contributed by atoms with van der Waals surface area (Å²) in [5.74, 6) is 0.0850. The quantitative estimate of drug-likeness (QED) is 0.636. The van der Waals surface area contributed by atoms with Crippen molar-refractivity contribution >= 4 is 28.6 Å². The smallest absolute Gasteiger partial charge is 0.313 e. The van der Waals surface area contributed by atoms with Gasteiger partial charge in [0.15, 0.2) is 0 Å². The van der Waals surface area contributed by atoms with E-state index in [1.165, 1.54) is 0 Å². The van der Waals surface area contributed by atoms with Gasteiger partial charge < -0.3 is 19.6 Å². The summed E-state index contributed by atoms with van der Waals surface area (Å²) in [5.41, 5.74) is -0.108. The van der Waals surface area contributed by atoms with Gasteiger partial charge in [0.05, 0.1) is 24.3 Å². The molecule has 1 atom stereocenters. The minimum atomic E-state index is -1.19. The number of halogens is 1. The zero-order valence-corrected chi connectivity index (χ0v) is 15.3. The zero-order chi connectivity index (χ0) is 18.2. The maximum absolute atomic E-state index is 11.7. The average Bonchev–Trinajstić information content (AvgIpc) is 2.86. The summed E-state index contributed by atoms with van der Waals surface area (Å²) in [6, 6.07) is 1.63. The van der Waals surface area contributed by atoms with Crippen LogP contribution in [0.25, 0.3) is 11.0 Å². The van der Waals surface area contributed by atoms with E-state index < -0.39 is 11.2 Å². The van der Waals surface area contributed by atoms with Gasteiger partial charge in [-0.05, 0) is 20.8 Å². The number of pyridine rings is 1. The molecule has 25 heavy (non-hydrogen) atoms. The maximum Gasteiger partial charge on any atom is 0.313 e. The van der Waals surface area contributed by atoms with Crippen LogP contribution < -0.4 is 0 Å². The molecule has 0 saturated carbocycles. The normalized spacial score (nSPS) is 22.9. The monoisotopic (exact) mass is 367 g/mol. The number of nitrogens with zero attached hydrogens (tertiary/aromatic N) is 2. The van der Waals surface area contributed by atoms with E-state index in [0.717, 1.165) is 0 Å². The largest absolute Gasteiger partial charge is 0.466 e. The van der Waals surface area contributed by atoms with Crippen LogP contribution in [0.4, 0.5) is 0 Å². The van der Waals surface area contributed by atoms with Crippen molar-refractivity contribution in [2.75, 3.05) is 13.2 Å². The number of H-pyrrole nitrogens is 1. The molecule has 1 fully saturated rings. The molecule has 136 valence electrons. The summed E-state index contributed by atoms with van der Waals surface area (Å²) in [6.45, 7) is 6.33. The molecule has 7 nitrogen and oxygen atoms in total. The predicted octanol–water partition coefficient (Wildman–Crippen LogP) is 2.49. The Morgan fingerprint density at radius 1 is 1.48 bits per heavy atom. The summed E-state index contributed by atoms with van der Waals surface area (Å²) < 4.78 is 10.7. The standard InChI is InChI=1S/C17H22ClN3O4/c1-4-24-13(22)8-12-19-10-7-11(18)20-15(14(10)21-12)17(23)5-6-25-16(2,3)9-17/h7,23H,4-6,8-9H2,1-3H3,(H,19,21). The Labute approximate surface area is 150 Å². The number of nitrogens with one attached hydrogen (secondary N) is 1. The van der Waals surface area contributed by atoms with Crippen LogP contribution in [0.15, 0.2) is 6.07 Å². The van der Waals surface area contributed by atoms with Crippen LogP contribution in [0.1, 0.15) is 45.1 Å². The molecule has 1 saturated heterocycles. The number of ether oxygens (including phenoxy) is 2. The molecule has 0 bridgehead atoms. The summed E-state index contributed by atoms with van der Waals surface area (Å²) in [5, 5.41) is 11.5. The second kappa shape index (κ2) is 6.55. The summed E-state index contributed by atoms with van der Waals surface area (Å²) >= 11 is 6.15. The van der Waals surface area contributed by atoms with Crippen LogP contribution in [0, 0.1) is 0 Å². The highest BCUT2D eigenvalue weighted by Gasteiger charge is 2.43. The van der Waals surface area contributed by atoms with Gasteiger partial charge in [0, 0.05) is 18.9 Å². The van der Waals surface area contributed by atoms with Gasteiger partial charge in [0.2, 0.25) is 0 Å². The van der Waals surface area contributed by atoms with Crippen LogP contribution in [-0.4, -0.2) is 44.8 Å². The van der Waals surface area contributed by atoms with Crippen molar-refractivity contribution < 1.29 is 19.4 Å². The molecule has 0 amide bonds. The molecular formula is C17H22ClN3O4. The molecule has 1 aliphatic rings. The van der Waals surface area contributed by atoms with E-state index in [9.17, 15) is 9.90 Å². The van der Waals surface area contributed by atoms with Crippen LogP contribution >= 0.6 is 11.6 Å². The van der Waals surface area contributed by atoms with Crippen molar-refractivity contribution in [2.45, 2.75) is 51.2 Å². The molecule has 2 aromatic rings. The summed E-state index contributed by atoms with van der Waals surface area (Å²) in [7, 11) is 0. The number of rotatable bonds is 4. The van der Waals surface area contributed by atoms with Gasteiger partial charge in [0.25, 0.3) is 0 Å². The summed E-state index contributed by atoms with van der Waals surface area (Å²) in [6.07, 6.45) is 0.800. The van der Waals surface area contributed by atoms with Crippen molar-refractivity contribution in [1.29, 1.82) is 0 Å². The zero-order valence-electron chi connectivity index (χ0n) is 14.6. The molecule has 0 spiro atoms. The van der Waals surface area contributed by atoms with Crippen molar-refractivity contribution in [2.24, 2.45) is 0 Å². The van der Waals surface area contributed by atoms with Gasteiger partial charge in [-0.25, -0.2) is 9.97 Å². The Hall–Kier alpha value is -1.70. The molecule has 2 aromatic heterocycles. The fraction of sp³-hybridized carbons (Fsp3) is 0.588. The van der Waals surface area contributed by atoms with E-state index in [1.54, 1.807) is 13.0 Å². The topological polar surface area (TPSA) is 97.3 Å². The number of aliphatic hydroxyl groups is 1. The number of imidazole rings is 1. The van der Waals surface area contributed by atoms with Crippen LogP contribution in [0.3, 0.4) is 0 Å². The van der Waals surface area contributed by atoms with Crippen molar-refractivity contribution in [3.05, 3.63) is 22.7 Å². The lowest BCUT2D eigenvalue weighted by atomic mass is 9.81. The van der Waals surface area contributed by atoms with E-state index in [2.05, 4.69) is 15.0 Å². The first kappa shape index (κ1) is 18.1. The van der Waals surface area contributed by atoms with Gasteiger partial charge in [-0.2, -0.15) is 0 Å². The highest BCUT2D eigenvalue weighted by Crippen LogP contribution is 2.41. The second-order valence-electron chi connectivity index (χ2n) is 6.92. The van der Waals surface area contributed by atoms with Gasteiger partial charge in [-0.1, -0.05) is 11.6 Å². The highest BCUT2D eigenvalue weighted by molar-refractivity contribution is 6.30. The lowest BCUT2D eigenvalue weighted by Gasteiger charge is -2.41. The number of hydrogen-bond acceptors (Lipinski definition) is 6. The highest BCUT2D eigenvalue weighted by atomic mass is 35.5. The Kier molecular flexibility index (Phi) is 4.74. The fourth-order valence-corrected chi connectivity index (χ4v) is 3.53. The number of fused-ring (bicyclic) bond motifs is 1. The third kappa shape index (κ3) is 3.78. The van der Waals surface area contributed by atoms with E-state index in [-0.39, 0.29) is 17.5 Å². The Balaban J connectivity index is 2.03. The summed E-state index contributed by atoms with van der Waals surface area (Å²) in [4.78, 5) is 23.6. The number of hydrogen-bond donors (Lipinski definition) is 2. The number of aromatic nitrogens is 3. The number of esters is 1. The second-order valence-corrected chi connectivity index (χ2v) is 7.31. The van der Waals surface area contributed by atoms with Gasteiger partial charge in [-0.15, -0.1) is 0 Å². The van der Waals surface area contributed by atoms with E-state index in [4.69, 9.17) is 21.1 Å². The number of aromatic amines is 1. The molecule has 0 aromatic carbocycles. The molecule has 1 aliphatic heterocycles. The Bertz CT molecular complexity index is 805. The molecule has 8 heteroatoms. The predicted molar refractivity (Wildman–Crippen MR) is 92.4 cm³/mol. The van der Waals surface area contributed by atoms with Crippen LogP contribution in [-0.2, 0) is 26.3 Å². The number of carbonyl (C=O) groups excluding carboxylic acids is 1. The first-order chi connectivity index (χ1) is 11.7. The lowest BCUT2D eigenvalue weighted by molar-refractivity contribution is -0.149. The SMILES string of the molecule is CCOC(=O)Cc1nc2c(C3(O)CCOC(C)(C)C3)nc(Cl)cc2[nH]1. The fourth-order valence-electron chi connectivity index (χ4n) is 3.33. The first-order valence-electron chi connectivity index (χ1n) is 8.30. The lowest BCUT2D eigenvalue weighted by Crippen LogP contribution is -2.44. The number of carbonyl (C=O) groups is 1. The first-order valence-corrected chi connectivity index (χ1v) is 8.68. The molecular weight excluding hydrogens is 346 g/mol. The van der Waals surface area contributed by atoms with E-state index >= 15 is 0 Å². The van der Waals surface area contributed by atoms with E-state index in [0.29, 0.717) is 48.6 Å². The van der Waals surface area contributed by atoms with Gasteiger partial charge >= 0.3 is 5.97 Å². The van der Waals surface area contributed by atoms with E-state index in [1.807, 2.05) is 13.8 Å². The maximum atomic E-state index is 11.7. The third-order valence-corrected chi connectivity index (χ3v) is 4.47. The Morgan fingerprint density at radius 2 is 2.24 bits per heavy atom. The third-order valence-electron chi connectivity index (χ3n) is 4.27. The molecule has 3 rings (SSSR count). The van der Waals surface area contributed by atoms with Crippen molar-refractivity contribution in [3.8, 4) is 0 Å². The minimum Gasteiger partial charge on any atom is -0.466 e. The van der Waals surface area contributed by atoms with Crippen LogP contribution in [0.5, 0.6) is 0 Å². The van der Waals surface area contributed by atoms with Gasteiger partial charge in [-0.3, -0.25) is 4.79 Å².